The number of nitrogens with zero attached hydrogens (tertiary/aromatic N) is 1. The number of carbonyl (C=O) groups excluding carboxylic acids is 1. The number of hydrogen-bond donors (Lipinski definition) is 3. The van der Waals surface area contributed by atoms with Gasteiger partial charge in [-0.05, 0) is 13.1 Å². The summed E-state index contributed by atoms with van der Waals surface area (Å²) in [5.74, 6) is 0.481. The molecular formula is C12H18N4O2. The second kappa shape index (κ2) is 5.14. The first kappa shape index (κ1) is 12.5. The molecule has 6 nitrogen and oxygen atoms in total. The van der Waals surface area contributed by atoms with E-state index in [1.807, 2.05) is 25.1 Å². The molecule has 6 heteroatoms. The monoisotopic (exact) mass is 250 g/mol. The summed E-state index contributed by atoms with van der Waals surface area (Å²) >= 11 is 0. The molecule has 1 heterocycles. The summed E-state index contributed by atoms with van der Waals surface area (Å²) in [6.45, 7) is 1.73. The molecule has 2 rings (SSSR count). The van der Waals surface area contributed by atoms with Gasteiger partial charge in [-0.15, -0.1) is 0 Å². The Morgan fingerprint density at radius 3 is 3.06 bits per heavy atom. The number of ether oxygens (including phenoxy) is 1. The van der Waals surface area contributed by atoms with Gasteiger partial charge in [0, 0.05) is 26.2 Å². The number of amides is 1. The molecule has 0 bridgehead atoms. The molecule has 0 atom stereocenters. The SMILES string of the molecule is CNCCN(C)c1cc2c(cc1N)OCC(=O)N2. The lowest BCUT2D eigenvalue weighted by molar-refractivity contribution is -0.118. The van der Waals surface area contributed by atoms with E-state index < -0.39 is 0 Å². The smallest absolute Gasteiger partial charge is 0.262 e. The van der Waals surface area contributed by atoms with E-state index in [2.05, 4.69) is 10.6 Å². The van der Waals surface area contributed by atoms with Gasteiger partial charge in [0.1, 0.15) is 5.75 Å². The Morgan fingerprint density at radius 2 is 2.33 bits per heavy atom. The van der Waals surface area contributed by atoms with Gasteiger partial charge in [-0.1, -0.05) is 0 Å². The quantitative estimate of drug-likeness (QED) is 0.668. The number of nitrogen functional groups attached to an aromatic ring is 1. The number of nitrogens with one attached hydrogen (secondary N) is 2. The molecule has 0 unspecified atom stereocenters. The molecule has 1 aromatic rings. The molecule has 1 aliphatic heterocycles. The fourth-order valence-corrected chi connectivity index (χ4v) is 1.86. The van der Waals surface area contributed by atoms with Crippen molar-refractivity contribution < 1.29 is 9.53 Å². The van der Waals surface area contributed by atoms with E-state index in [1.54, 1.807) is 6.07 Å². The average molecular weight is 250 g/mol. The van der Waals surface area contributed by atoms with Crippen LogP contribution < -0.4 is 26.0 Å². The number of anilines is 3. The van der Waals surface area contributed by atoms with Crippen molar-refractivity contribution in [2.75, 3.05) is 49.7 Å². The van der Waals surface area contributed by atoms with E-state index in [0.717, 1.165) is 18.8 Å². The minimum Gasteiger partial charge on any atom is -0.482 e. The minimum atomic E-state index is -0.143. The van der Waals surface area contributed by atoms with Crippen LogP contribution in [0.5, 0.6) is 5.75 Å². The van der Waals surface area contributed by atoms with Crippen LogP contribution in [-0.2, 0) is 4.79 Å². The third-order valence-electron chi connectivity index (χ3n) is 2.87. The van der Waals surface area contributed by atoms with Gasteiger partial charge in [0.25, 0.3) is 5.91 Å². The highest BCUT2D eigenvalue weighted by Gasteiger charge is 2.18. The molecule has 0 spiro atoms. The number of fused-ring (bicyclic) bond motifs is 1. The third kappa shape index (κ3) is 2.48. The van der Waals surface area contributed by atoms with Crippen LogP contribution in [0.15, 0.2) is 12.1 Å². The molecule has 0 saturated heterocycles. The van der Waals surface area contributed by atoms with Crippen LogP contribution in [0.25, 0.3) is 0 Å². The zero-order valence-electron chi connectivity index (χ0n) is 10.6. The van der Waals surface area contributed by atoms with Gasteiger partial charge in [0.05, 0.1) is 17.1 Å². The van der Waals surface area contributed by atoms with Crippen LogP contribution in [0.2, 0.25) is 0 Å². The summed E-state index contributed by atoms with van der Waals surface area (Å²) in [5, 5.41) is 5.86. The molecule has 18 heavy (non-hydrogen) atoms. The molecule has 1 aliphatic rings. The van der Waals surface area contributed by atoms with Crippen molar-refractivity contribution in [3.8, 4) is 5.75 Å². The second-order valence-electron chi connectivity index (χ2n) is 4.27. The van der Waals surface area contributed by atoms with Gasteiger partial charge in [-0.3, -0.25) is 4.79 Å². The van der Waals surface area contributed by atoms with Gasteiger partial charge in [-0.2, -0.15) is 0 Å². The van der Waals surface area contributed by atoms with Crippen molar-refractivity contribution >= 4 is 23.0 Å². The zero-order chi connectivity index (χ0) is 13.1. The van der Waals surface area contributed by atoms with E-state index in [9.17, 15) is 4.79 Å². The van der Waals surface area contributed by atoms with E-state index in [4.69, 9.17) is 10.5 Å². The summed E-state index contributed by atoms with van der Waals surface area (Å²) in [4.78, 5) is 13.3. The van der Waals surface area contributed by atoms with E-state index in [-0.39, 0.29) is 12.5 Å². The van der Waals surface area contributed by atoms with Gasteiger partial charge in [0.2, 0.25) is 0 Å². The fraction of sp³-hybridized carbons (Fsp3) is 0.417. The van der Waals surface area contributed by atoms with E-state index in [1.165, 1.54) is 0 Å². The summed E-state index contributed by atoms with van der Waals surface area (Å²) in [7, 11) is 3.86. The Bertz CT molecular complexity index is 462. The predicted molar refractivity (Wildman–Crippen MR) is 72.2 cm³/mol. The van der Waals surface area contributed by atoms with E-state index in [0.29, 0.717) is 17.1 Å². The molecular weight excluding hydrogens is 232 g/mol. The Kier molecular flexibility index (Phi) is 3.57. The summed E-state index contributed by atoms with van der Waals surface area (Å²) in [6.07, 6.45) is 0. The van der Waals surface area contributed by atoms with Crippen molar-refractivity contribution in [1.29, 1.82) is 0 Å². The Morgan fingerprint density at radius 1 is 1.56 bits per heavy atom. The standard InChI is InChI=1S/C12H18N4O2/c1-14-3-4-16(2)10-6-9-11(5-8(10)13)18-7-12(17)15-9/h5-6,14H,3-4,7,13H2,1-2H3,(H,15,17). The average Bonchev–Trinajstić information content (AvgIpc) is 2.35. The molecule has 1 aromatic carbocycles. The summed E-state index contributed by atoms with van der Waals surface area (Å²) < 4.78 is 5.31. The maximum Gasteiger partial charge on any atom is 0.262 e. The number of hydrogen-bond acceptors (Lipinski definition) is 5. The topological polar surface area (TPSA) is 79.6 Å². The summed E-state index contributed by atoms with van der Waals surface area (Å²) in [6, 6.07) is 3.59. The first-order valence-electron chi connectivity index (χ1n) is 5.83. The third-order valence-corrected chi connectivity index (χ3v) is 2.87. The van der Waals surface area contributed by atoms with Crippen LogP contribution >= 0.6 is 0 Å². The van der Waals surface area contributed by atoms with Crippen molar-refractivity contribution in [3.05, 3.63) is 12.1 Å². The molecule has 0 saturated carbocycles. The number of rotatable bonds is 4. The zero-order valence-corrected chi connectivity index (χ0v) is 10.6. The van der Waals surface area contributed by atoms with E-state index >= 15 is 0 Å². The predicted octanol–water partition coefficient (Wildman–Crippen LogP) is 0.255. The lowest BCUT2D eigenvalue weighted by Gasteiger charge is -2.25. The van der Waals surface area contributed by atoms with Crippen LogP contribution in [0.1, 0.15) is 0 Å². The first-order chi connectivity index (χ1) is 8.61. The van der Waals surface area contributed by atoms with Crippen LogP contribution in [0.4, 0.5) is 17.1 Å². The molecule has 4 N–H and O–H groups in total. The number of benzene rings is 1. The van der Waals surface area contributed by atoms with Crippen LogP contribution in [0, 0.1) is 0 Å². The minimum absolute atomic E-state index is 0.0430. The normalized spacial score (nSPS) is 13.6. The molecule has 1 amide bonds. The Hall–Kier alpha value is -1.95. The highest BCUT2D eigenvalue weighted by Crippen LogP contribution is 2.36. The van der Waals surface area contributed by atoms with Crippen molar-refractivity contribution in [1.82, 2.24) is 5.32 Å². The number of likely N-dealkylation sites (N-methyl/N-ethyl adjacent to an activating group) is 2. The first-order valence-corrected chi connectivity index (χ1v) is 5.83. The van der Waals surface area contributed by atoms with Gasteiger partial charge in [-0.25, -0.2) is 0 Å². The van der Waals surface area contributed by atoms with Crippen molar-refractivity contribution in [3.63, 3.8) is 0 Å². The van der Waals surface area contributed by atoms with Gasteiger partial charge < -0.3 is 26.0 Å². The highest BCUT2D eigenvalue weighted by molar-refractivity contribution is 5.97. The maximum absolute atomic E-state index is 11.3. The molecule has 0 aromatic heterocycles. The lowest BCUT2D eigenvalue weighted by atomic mass is 10.2. The Labute approximate surface area is 106 Å². The Balaban J connectivity index is 2.26. The summed E-state index contributed by atoms with van der Waals surface area (Å²) in [5.41, 5.74) is 8.20. The maximum atomic E-state index is 11.3. The van der Waals surface area contributed by atoms with Crippen molar-refractivity contribution in [2.24, 2.45) is 0 Å². The molecule has 0 aliphatic carbocycles. The molecule has 98 valence electrons. The van der Waals surface area contributed by atoms with Gasteiger partial charge in [0.15, 0.2) is 6.61 Å². The second-order valence-corrected chi connectivity index (χ2v) is 4.27. The fourth-order valence-electron chi connectivity index (χ4n) is 1.86. The highest BCUT2D eigenvalue weighted by atomic mass is 16.5. The van der Waals surface area contributed by atoms with Crippen LogP contribution in [0.3, 0.4) is 0 Å². The number of nitrogens with two attached hydrogens (primary N) is 1. The molecule has 0 fully saturated rings. The van der Waals surface area contributed by atoms with Gasteiger partial charge >= 0.3 is 0 Å². The largest absolute Gasteiger partial charge is 0.482 e. The van der Waals surface area contributed by atoms with Crippen LogP contribution in [-0.4, -0.2) is 39.7 Å². The number of carbonyl (C=O) groups is 1. The molecule has 0 radical (unpaired) electrons. The van der Waals surface area contributed by atoms with Crippen molar-refractivity contribution in [2.45, 2.75) is 0 Å². The lowest BCUT2D eigenvalue weighted by Crippen LogP contribution is -2.29.